The van der Waals surface area contributed by atoms with Gasteiger partial charge in [-0.05, 0) is 44.9 Å². The first-order valence-electron chi connectivity index (χ1n) is 7.09. The minimum atomic E-state index is -0.354. The standard InChI is InChI=1S/C15H17Cl2N3O/c1-8(16)14-19-12-7-10(17)3-6-13(12)20(14)9(2)15(21)18-11-4-5-11/h3,6-9,11H,4-5H2,1-2H3,(H,18,21). The van der Waals surface area contributed by atoms with Gasteiger partial charge in [0.1, 0.15) is 11.9 Å². The monoisotopic (exact) mass is 325 g/mol. The van der Waals surface area contributed by atoms with Crippen LogP contribution in [0.4, 0.5) is 0 Å². The van der Waals surface area contributed by atoms with Crippen molar-refractivity contribution in [2.75, 3.05) is 0 Å². The molecule has 1 saturated carbocycles. The molecule has 2 unspecified atom stereocenters. The van der Waals surface area contributed by atoms with Crippen LogP contribution in [0.2, 0.25) is 5.02 Å². The summed E-state index contributed by atoms with van der Waals surface area (Å²) < 4.78 is 1.90. The van der Waals surface area contributed by atoms with Crippen molar-refractivity contribution in [2.45, 2.75) is 44.1 Å². The molecule has 0 saturated heterocycles. The predicted molar refractivity (Wildman–Crippen MR) is 84.9 cm³/mol. The zero-order valence-corrected chi connectivity index (χ0v) is 13.4. The number of imidazole rings is 1. The van der Waals surface area contributed by atoms with Gasteiger partial charge < -0.3 is 9.88 Å². The summed E-state index contributed by atoms with van der Waals surface area (Å²) >= 11 is 12.3. The zero-order chi connectivity index (χ0) is 15.1. The molecule has 3 rings (SSSR count). The zero-order valence-electron chi connectivity index (χ0n) is 11.9. The molecule has 6 heteroatoms. The Hall–Kier alpha value is -1.26. The summed E-state index contributed by atoms with van der Waals surface area (Å²) in [6, 6.07) is 5.46. The Labute approximate surface area is 133 Å². The second-order valence-electron chi connectivity index (χ2n) is 5.55. The fourth-order valence-corrected chi connectivity index (χ4v) is 2.77. The van der Waals surface area contributed by atoms with Gasteiger partial charge in [-0.3, -0.25) is 4.79 Å². The van der Waals surface area contributed by atoms with Gasteiger partial charge in [0.2, 0.25) is 5.91 Å². The summed E-state index contributed by atoms with van der Waals surface area (Å²) in [6.07, 6.45) is 2.13. The minimum Gasteiger partial charge on any atom is -0.352 e. The van der Waals surface area contributed by atoms with Gasteiger partial charge >= 0.3 is 0 Å². The number of amides is 1. The van der Waals surface area contributed by atoms with E-state index in [2.05, 4.69) is 10.3 Å². The quantitative estimate of drug-likeness (QED) is 0.868. The van der Waals surface area contributed by atoms with Crippen LogP contribution >= 0.6 is 23.2 Å². The second-order valence-corrected chi connectivity index (χ2v) is 6.64. The van der Waals surface area contributed by atoms with E-state index >= 15 is 0 Å². The third-order valence-corrected chi connectivity index (χ3v) is 4.16. The van der Waals surface area contributed by atoms with E-state index in [1.807, 2.05) is 24.5 Å². The van der Waals surface area contributed by atoms with E-state index in [-0.39, 0.29) is 17.3 Å². The Balaban J connectivity index is 2.05. The van der Waals surface area contributed by atoms with Crippen LogP contribution in [-0.2, 0) is 4.79 Å². The Kier molecular flexibility index (Phi) is 3.84. The lowest BCUT2D eigenvalue weighted by atomic mass is 10.2. The lowest BCUT2D eigenvalue weighted by Gasteiger charge is -2.18. The summed E-state index contributed by atoms with van der Waals surface area (Å²) in [7, 11) is 0. The molecule has 4 nitrogen and oxygen atoms in total. The highest BCUT2D eigenvalue weighted by Crippen LogP contribution is 2.30. The summed E-state index contributed by atoms with van der Waals surface area (Å²) in [6.45, 7) is 3.72. The molecule has 1 aromatic heterocycles. The number of alkyl halides is 1. The van der Waals surface area contributed by atoms with Gasteiger partial charge in [-0.1, -0.05) is 11.6 Å². The molecule has 0 aliphatic heterocycles. The second kappa shape index (κ2) is 5.50. The maximum atomic E-state index is 12.3. The topological polar surface area (TPSA) is 46.9 Å². The van der Waals surface area contributed by atoms with E-state index in [0.717, 1.165) is 23.9 Å². The van der Waals surface area contributed by atoms with Crippen LogP contribution in [0, 0.1) is 0 Å². The molecule has 0 bridgehead atoms. The molecule has 1 aliphatic carbocycles. The van der Waals surface area contributed by atoms with Crippen LogP contribution in [0.3, 0.4) is 0 Å². The van der Waals surface area contributed by atoms with Crippen LogP contribution in [0.15, 0.2) is 18.2 Å². The number of hydrogen-bond donors (Lipinski definition) is 1. The van der Waals surface area contributed by atoms with E-state index < -0.39 is 0 Å². The molecule has 1 N–H and O–H groups in total. The molecule has 0 spiro atoms. The third kappa shape index (κ3) is 2.87. The first-order chi connectivity index (χ1) is 9.97. The SMILES string of the molecule is CC(Cl)c1nc2cc(Cl)ccc2n1C(C)C(=O)NC1CC1. The van der Waals surface area contributed by atoms with Crippen molar-refractivity contribution in [3.05, 3.63) is 29.0 Å². The number of halogens is 2. The number of nitrogens with zero attached hydrogens (tertiary/aromatic N) is 2. The highest BCUT2D eigenvalue weighted by Gasteiger charge is 2.28. The molecule has 112 valence electrons. The van der Waals surface area contributed by atoms with Crippen LogP contribution in [0.1, 0.15) is 43.9 Å². The molecule has 1 aromatic carbocycles. The van der Waals surface area contributed by atoms with Crippen molar-refractivity contribution in [1.29, 1.82) is 0 Å². The number of nitrogens with one attached hydrogen (secondary N) is 1. The maximum Gasteiger partial charge on any atom is 0.243 e. The Morgan fingerprint density at radius 3 is 2.76 bits per heavy atom. The molecular weight excluding hydrogens is 309 g/mol. The van der Waals surface area contributed by atoms with Crippen molar-refractivity contribution in [1.82, 2.24) is 14.9 Å². The average molecular weight is 326 g/mol. The maximum absolute atomic E-state index is 12.3. The lowest BCUT2D eigenvalue weighted by molar-refractivity contribution is -0.124. The van der Waals surface area contributed by atoms with E-state index in [0.29, 0.717) is 16.9 Å². The van der Waals surface area contributed by atoms with Crippen LogP contribution in [0.5, 0.6) is 0 Å². The minimum absolute atomic E-state index is 0.00492. The smallest absolute Gasteiger partial charge is 0.243 e. The van der Waals surface area contributed by atoms with Crippen LogP contribution < -0.4 is 5.32 Å². The number of carbonyl (C=O) groups is 1. The Morgan fingerprint density at radius 2 is 2.14 bits per heavy atom. The van der Waals surface area contributed by atoms with Crippen LogP contribution in [-0.4, -0.2) is 21.5 Å². The van der Waals surface area contributed by atoms with Crippen molar-refractivity contribution in [3.8, 4) is 0 Å². The number of benzene rings is 1. The van der Waals surface area contributed by atoms with Crippen molar-refractivity contribution >= 4 is 40.1 Å². The highest BCUT2D eigenvalue weighted by atomic mass is 35.5. The lowest BCUT2D eigenvalue weighted by Crippen LogP contribution is -2.33. The van der Waals surface area contributed by atoms with Gasteiger partial charge in [-0.2, -0.15) is 0 Å². The molecule has 2 atom stereocenters. The molecule has 1 amide bonds. The van der Waals surface area contributed by atoms with Crippen molar-refractivity contribution in [3.63, 3.8) is 0 Å². The highest BCUT2D eigenvalue weighted by molar-refractivity contribution is 6.31. The van der Waals surface area contributed by atoms with Gasteiger partial charge in [0.25, 0.3) is 0 Å². The summed E-state index contributed by atoms with van der Waals surface area (Å²) in [4.78, 5) is 16.9. The molecular formula is C15H17Cl2N3O. The summed E-state index contributed by atoms with van der Waals surface area (Å²) in [5.74, 6) is 0.692. The molecule has 21 heavy (non-hydrogen) atoms. The summed E-state index contributed by atoms with van der Waals surface area (Å²) in [5, 5.41) is 3.36. The first-order valence-corrected chi connectivity index (χ1v) is 7.90. The number of carbonyl (C=O) groups excluding carboxylic acids is 1. The van der Waals surface area contributed by atoms with Gasteiger partial charge in [0, 0.05) is 11.1 Å². The van der Waals surface area contributed by atoms with E-state index in [1.54, 1.807) is 12.1 Å². The van der Waals surface area contributed by atoms with E-state index in [1.165, 1.54) is 0 Å². The van der Waals surface area contributed by atoms with Gasteiger partial charge in [0.05, 0.1) is 16.4 Å². The molecule has 1 fully saturated rings. The van der Waals surface area contributed by atoms with Crippen molar-refractivity contribution in [2.24, 2.45) is 0 Å². The molecule has 2 aromatic rings. The summed E-state index contributed by atoms with van der Waals surface area (Å²) in [5.41, 5.74) is 1.64. The number of fused-ring (bicyclic) bond motifs is 1. The average Bonchev–Trinajstić information content (AvgIpc) is 3.15. The van der Waals surface area contributed by atoms with Crippen LogP contribution in [0.25, 0.3) is 11.0 Å². The number of aromatic nitrogens is 2. The van der Waals surface area contributed by atoms with Crippen molar-refractivity contribution < 1.29 is 4.79 Å². The Bertz CT molecular complexity index is 692. The normalized spacial score (nSPS) is 17.7. The number of rotatable bonds is 4. The molecule has 0 radical (unpaired) electrons. The van der Waals surface area contributed by atoms with Gasteiger partial charge in [0.15, 0.2) is 0 Å². The predicted octanol–water partition coefficient (Wildman–Crippen LogP) is 3.83. The van der Waals surface area contributed by atoms with Gasteiger partial charge in [-0.25, -0.2) is 4.98 Å². The van der Waals surface area contributed by atoms with E-state index in [9.17, 15) is 4.79 Å². The Morgan fingerprint density at radius 1 is 1.43 bits per heavy atom. The largest absolute Gasteiger partial charge is 0.352 e. The van der Waals surface area contributed by atoms with Gasteiger partial charge in [-0.15, -0.1) is 11.6 Å². The molecule has 1 aliphatic rings. The fourth-order valence-electron chi connectivity index (χ4n) is 2.44. The first kappa shape index (κ1) is 14.7. The third-order valence-electron chi connectivity index (χ3n) is 3.73. The van der Waals surface area contributed by atoms with E-state index in [4.69, 9.17) is 23.2 Å². The fraction of sp³-hybridized carbons (Fsp3) is 0.467. The number of hydrogen-bond acceptors (Lipinski definition) is 2. The molecule has 1 heterocycles.